The molecule has 1 N–H and O–H groups in total. The van der Waals surface area contributed by atoms with E-state index in [1.807, 2.05) is 25.1 Å². The van der Waals surface area contributed by atoms with Crippen molar-refractivity contribution in [1.82, 2.24) is 4.98 Å². The molecule has 0 saturated heterocycles. The van der Waals surface area contributed by atoms with Gasteiger partial charge in [0.1, 0.15) is 5.82 Å². The minimum absolute atomic E-state index is 0.0955. The number of aromatic nitrogens is 1. The van der Waals surface area contributed by atoms with Gasteiger partial charge in [-0.2, -0.15) is 5.26 Å². The summed E-state index contributed by atoms with van der Waals surface area (Å²) in [7, 11) is 0.0158. The van der Waals surface area contributed by atoms with Crippen molar-refractivity contribution < 1.29 is 8.42 Å². The van der Waals surface area contributed by atoms with Gasteiger partial charge >= 0.3 is 0 Å². The van der Waals surface area contributed by atoms with Crippen LogP contribution < -0.4 is 9.62 Å². The van der Waals surface area contributed by atoms with Gasteiger partial charge in [0.25, 0.3) is 10.0 Å². The van der Waals surface area contributed by atoms with Crippen molar-refractivity contribution in [3.63, 3.8) is 0 Å². The summed E-state index contributed by atoms with van der Waals surface area (Å²) in [6.45, 7) is 0. The smallest absolute Gasteiger partial charge is 0.261 e. The van der Waals surface area contributed by atoms with Crippen molar-refractivity contribution in [1.29, 1.82) is 5.26 Å². The number of rotatable bonds is 4. The summed E-state index contributed by atoms with van der Waals surface area (Å²) < 4.78 is 26.8. The van der Waals surface area contributed by atoms with E-state index < -0.39 is 10.0 Å². The minimum atomic E-state index is -3.68. The molecule has 6 nitrogen and oxygen atoms in total. The zero-order valence-electron chi connectivity index (χ0n) is 11.6. The van der Waals surface area contributed by atoms with Gasteiger partial charge in [0, 0.05) is 14.1 Å². The second kappa shape index (κ2) is 5.81. The van der Waals surface area contributed by atoms with Gasteiger partial charge in [-0.05, 0) is 36.4 Å². The standard InChI is InChI=1S/C14H14N4O2S/c1-18(2)14-8-5-12(10-16-14)17-21(19,20)13-6-3-11(9-15)4-7-13/h3-8,10,17H,1-2H3. The maximum atomic E-state index is 12.2. The molecule has 0 saturated carbocycles. The molecule has 0 amide bonds. The molecule has 2 rings (SSSR count). The molecule has 0 bridgehead atoms. The Morgan fingerprint density at radius 2 is 1.81 bits per heavy atom. The molecule has 0 aliphatic carbocycles. The zero-order chi connectivity index (χ0) is 15.5. The fraction of sp³-hybridized carbons (Fsp3) is 0.143. The highest BCUT2D eigenvalue weighted by Gasteiger charge is 2.14. The maximum absolute atomic E-state index is 12.2. The van der Waals surface area contributed by atoms with Crippen molar-refractivity contribution >= 4 is 21.5 Å². The lowest BCUT2D eigenvalue weighted by molar-refractivity contribution is 0.601. The van der Waals surface area contributed by atoms with Gasteiger partial charge in [0.05, 0.1) is 28.4 Å². The average molecular weight is 302 g/mol. The van der Waals surface area contributed by atoms with Gasteiger partial charge in [-0.25, -0.2) is 13.4 Å². The Morgan fingerprint density at radius 1 is 1.14 bits per heavy atom. The topological polar surface area (TPSA) is 86.1 Å². The van der Waals surface area contributed by atoms with Gasteiger partial charge in [0.15, 0.2) is 0 Å². The Labute approximate surface area is 123 Å². The molecule has 21 heavy (non-hydrogen) atoms. The largest absolute Gasteiger partial charge is 0.363 e. The Morgan fingerprint density at radius 3 is 2.29 bits per heavy atom. The molecule has 0 atom stereocenters. The number of sulfonamides is 1. The van der Waals surface area contributed by atoms with E-state index in [1.54, 1.807) is 12.1 Å². The van der Waals surface area contributed by atoms with Crippen LogP contribution in [0.2, 0.25) is 0 Å². The number of benzene rings is 1. The van der Waals surface area contributed by atoms with Crippen LogP contribution in [0.1, 0.15) is 5.56 Å². The summed E-state index contributed by atoms with van der Waals surface area (Å²) in [5.41, 5.74) is 0.788. The van der Waals surface area contributed by atoms with Gasteiger partial charge < -0.3 is 4.90 Å². The molecular formula is C14H14N4O2S. The van der Waals surface area contributed by atoms with Crippen LogP contribution in [-0.4, -0.2) is 27.5 Å². The van der Waals surface area contributed by atoms with Gasteiger partial charge in [-0.15, -0.1) is 0 Å². The van der Waals surface area contributed by atoms with Crippen molar-refractivity contribution in [3.8, 4) is 6.07 Å². The molecular weight excluding hydrogens is 288 g/mol. The molecule has 0 aliphatic heterocycles. The molecule has 0 unspecified atom stereocenters. The number of nitrogens with zero attached hydrogens (tertiary/aromatic N) is 3. The summed E-state index contributed by atoms with van der Waals surface area (Å²) in [4.78, 5) is 6.05. The molecule has 1 aromatic carbocycles. The monoisotopic (exact) mass is 302 g/mol. The Hall–Kier alpha value is -2.59. The normalized spacial score (nSPS) is 10.7. The highest BCUT2D eigenvalue weighted by molar-refractivity contribution is 7.92. The second-order valence-electron chi connectivity index (χ2n) is 4.54. The predicted molar refractivity (Wildman–Crippen MR) is 80.5 cm³/mol. The fourth-order valence-electron chi connectivity index (χ4n) is 1.63. The lowest BCUT2D eigenvalue weighted by Crippen LogP contribution is -2.14. The Bertz CT molecular complexity index is 760. The zero-order valence-corrected chi connectivity index (χ0v) is 12.4. The highest BCUT2D eigenvalue weighted by atomic mass is 32.2. The quantitative estimate of drug-likeness (QED) is 0.931. The Balaban J connectivity index is 2.22. The van der Waals surface area contributed by atoms with E-state index in [1.165, 1.54) is 30.5 Å². The maximum Gasteiger partial charge on any atom is 0.261 e. The Kier molecular flexibility index (Phi) is 4.10. The molecule has 1 aromatic heterocycles. The number of nitrogens with one attached hydrogen (secondary N) is 1. The number of hydrogen-bond donors (Lipinski definition) is 1. The first kappa shape index (κ1) is 14.8. The van der Waals surface area contributed by atoms with Crippen LogP contribution >= 0.6 is 0 Å². The number of nitriles is 1. The fourth-order valence-corrected chi connectivity index (χ4v) is 2.68. The molecule has 0 radical (unpaired) electrons. The van der Waals surface area contributed by atoms with Gasteiger partial charge in [0.2, 0.25) is 0 Å². The lowest BCUT2D eigenvalue weighted by Gasteiger charge is -2.12. The summed E-state index contributed by atoms with van der Waals surface area (Å²) in [6, 6.07) is 11.0. The van der Waals surface area contributed by atoms with E-state index in [4.69, 9.17) is 5.26 Å². The third-order valence-electron chi connectivity index (χ3n) is 2.75. The SMILES string of the molecule is CN(C)c1ccc(NS(=O)(=O)c2ccc(C#N)cc2)cn1. The van der Waals surface area contributed by atoms with Crippen molar-refractivity contribution in [2.24, 2.45) is 0 Å². The van der Waals surface area contributed by atoms with E-state index in [9.17, 15) is 8.42 Å². The number of pyridine rings is 1. The van der Waals surface area contributed by atoms with E-state index in [0.29, 0.717) is 11.3 Å². The van der Waals surface area contributed by atoms with Crippen LogP contribution in [0, 0.1) is 11.3 Å². The van der Waals surface area contributed by atoms with Gasteiger partial charge in [-0.1, -0.05) is 0 Å². The average Bonchev–Trinajstić information content (AvgIpc) is 2.47. The number of anilines is 2. The summed E-state index contributed by atoms with van der Waals surface area (Å²) in [5, 5.41) is 8.71. The van der Waals surface area contributed by atoms with Crippen molar-refractivity contribution in [3.05, 3.63) is 48.2 Å². The predicted octanol–water partition coefficient (Wildman–Crippen LogP) is 1.82. The van der Waals surface area contributed by atoms with Crippen molar-refractivity contribution in [2.45, 2.75) is 4.90 Å². The molecule has 0 fully saturated rings. The van der Waals surface area contributed by atoms with Crippen LogP contribution in [0.25, 0.3) is 0 Å². The second-order valence-corrected chi connectivity index (χ2v) is 6.22. The minimum Gasteiger partial charge on any atom is -0.363 e. The lowest BCUT2D eigenvalue weighted by atomic mass is 10.2. The van der Waals surface area contributed by atoms with E-state index in [2.05, 4.69) is 9.71 Å². The van der Waals surface area contributed by atoms with Crippen LogP contribution in [0.15, 0.2) is 47.5 Å². The third kappa shape index (κ3) is 3.49. The van der Waals surface area contributed by atoms with Crippen LogP contribution in [-0.2, 0) is 10.0 Å². The van der Waals surface area contributed by atoms with Gasteiger partial charge in [-0.3, -0.25) is 4.72 Å². The molecule has 0 aliphatic rings. The number of hydrogen-bond acceptors (Lipinski definition) is 5. The first-order chi connectivity index (χ1) is 9.92. The van der Waals surface area contributed by atoms with Crippen LogP contribution in [0.4, 0.5) is 11.5 Å². The van der Waals surface area contributed by atoms with E-state index in [-0.39, 0.29) is 4.90 Å². The van der Waals surface area contributed by atoms with Crippen molar-refractivity contribution in [2.75, 3.05) is 23.7 Å². The molecule has 7 heteroatoms. The highest BCUT2D eigenvalue weighted by Crippen LogP contribution is 2.17. The summed E-state index contributed by atoms with van der Waals surface area (Å²) in [6.07, 6.45) is 1.45. The first-order valence-electron chi connectivity index (χ1n) is 6.09. The molecule has 108 valence electrons. The molecule has 2 aromatic rings. The summed E-state index contributed by atoms with van der Waals surface area (Å²) in [5.74, 6) is 0.733. The van der Waals surface area contributed by atoms with E-state index >= 15 is 0 Å². The van der Waals surface area contributed by atoms with E-state index in [0.717, 1.165) is 5.82 Å². The third-order valence-corrected chi connectivity index (χ3v) is 4.15. The first-order valence-corrected chi connectivity index (χ1v) is 7.57. The van der Waals surface area contributed by atoms with Crippen LogP contribution in [0.5, 0.6) is 0 Å². The summed E-state index contributed by atoms with van der Waals surface area (Å²) >= 11 is 0. The van der Waals surface area contributed by atoms with Crippen LogP contribution in [0.3, 0.4) is 0 Å². The molecule has 1 heterocycles. The molecule has 0 spiro atoms.